The van der Waals surface area contributed by atoms with Crippen molar-refractivity contribution in [1.82, 2.24) is 5.32 Å². The zero-order valence-electron chi connectivity index (χ0n) is 20.6. The monoisotopic (exact) mass is 508 g/mol. The Bertz CT molecular complexity index is 1240. The first-order chi connectivity index (χ1) is 17.3. The third-order valence-corrected chi connectivity index (χ3v) is 7.84. The largest absolute Gasteiger partial charge is 0.457 e. The van der Waals surface area contributed by atoms with Gasteiger partial charge in [0.1, 0.15) is 17.5 Å². The summed E-state index contributed by atoms with van der Waals surface area (Å²) in [5, 5.41) is 3.03. The van der Waals surface area contributed by atoms with E-state index >= 15 is 0 Å². The van der Waals surface area contributed by atoms with Crippen molar-refractivity contribution in [1.29, 1.82) is 0 Å². The van der Waals surface area contributed by atoms with Gasteiger partial charge < -0.3 is 14.8 Å². The van der Waals surface area contributed by atoms with E-state index in [2.05, 4.69) is 17.4 Å². The molecule has 190 valence electrons. The summed E-state index contributed by atoms with van der Waals surface area (Å²) in [6.45, 7) is 3.25. The SMILES string of the molecule is C[C@@H](C(=O)NCC1(c2ccccc2)CCOCC1)N(c1ccc(Oc2ccccc2)cc1)S(C)(=O)=O. The van der Waals surface area contributed by atoms with Crippen molar-refractivity contribution < 1.29 is 22.7 Å². The highest BCUT2D eigenvalue weighted by atomic mass is 32.2. The molecule has 1 aliphatic rings. The van der Waals surface area contributed by atoms with E-state index in [0.717, 1.165) is 29.0 Å². The van der Waals surface area contributed by atoms with Crippen molar-refractivity contribution in [2.45, 2.75) is 31.2 Å². The predicted octanol–water partition coefficient (Wildman–Crippen LogP) is 4.50. The van der Waals surface area contributed by atoms with E-state index in [4.69, 9.17) is 9.47 Å². The van der Waals surface area contributed by atoms with Crippen LogP contribution in [0.3, 0.4) is 0 Å². The Morgan fingerprint density at radius 3 is 2.08 bits per heavy atom. The third kappa shape index (κ3) is 6.06. The third-order valence-electron chi connectivity index (χ3n) is 6.60. The van der Waals surface area contributed by atoms with Crippen LogP contribution in [0, 0.1) is 0 Å². The summed E-state index contributed by atoms with van der Waals surface area (Å²) >= 11 is 0. The van der Waals surface area contributed by atoms with E-state index in [1.54, 1.807) is 31.2 Å². The topological polar surface area (TPSA) is 84.9 Å². The molecule has 7 nitrogen and oxygen atoms in total. The van der Waals surface area contributed by atoms with Crippen LogP contribution in [0.5, 0.6) is 11.5 Å². The van der Waals surface area contributed by atoms with Gasteiger partial charge in [-0.3, -0.25) is 9.10 Å². The van der Waals surface area contributed by atoms with Crippen molar-refractivity contribution >= 4 is 21.6 Å². The van der Waals surface area contributed by atoms with Gasteiger partial charge in [-0.2, -0.15) is 0 Å². The Kier molecular flexibility index (Phi) is 7.96. The van der Waals surface area contributed by atoms with Crippen LogP contribution in [0.2, 0.25) is 0 Å². The Morgan fingerprint density at radius 2 is 1.50 bits per heavy atom. The minimum atomic E-state index is -3.73. The molecule has 1 heterocycles. The van der Waals surface area contributed by atoms with Crippen LogP contribution >= 0.6 is 0 Å². The summed E-state index contributed by atoms with van der Waals surface area (Å²) in [5.41, 5.74) is 1.29. The molecule has 1 saturated heterocycles. The number of para-hydroxylation sites is 1. The minimum absolute atomic E-state index is 0.249. The average molecular weight is 509 g/mol. The molecule has 0 radical (unpaired) electrons. The smallest absolute Gasteiger partial charge is 0.243 e. The number of anilines is 1. The summed E-state index contributed by atoms with van der Waals surface area (Å²) in [7, 11) is -3.73. The molecule has 1 amide bonds. The molecule has 0 bridgehead atoms. The van der Waals surface area contributed by atoms with Crippen molar-refractivity contribution in [3.63, 3.8) is 0 Å². The normalized spacial score (nSPS) is 16.1. The van der Waals surface area contributed by atoms with Crippen LogP contribution < -0.4 is 14.4 Å². The fourth-order valence-electron chi connectivity index (χ4n) is 4.62. The maximum atomic E-state index is 13.3. The highest BCUT2D eigenvalue weighted by Crippen LogP contribution is 2.34. The van der Waals surface area contributed by atoms with E-state index in [0.29, 0.717) is 36.9 Å². The second-order valence-corrected chi connectivity index (χ2v) is 11.0. The summed E-state index contributed by atoms with van der Waals surface area (Å²) in [6.07, 6.45) is 2.67. The summed E-state index contributed by atoms with van der Waals surface area (Å²) in [4.78, 5) is 13.3. The van der Waals surface area contributed by atoms with Gasteiger partial charge in [0, 0.05) is 25.2 Å². The average Bonchev–Trinajstić information content (AvgIpc) is 2.89. The molecule has 0 aromatic heterocycles. The highest BCUT2D eigenvalue weighted by Gasteiger charge is 2.36. The fraction of sp³-hybridized carbons (Fsp3) is 0.321. The fourth-order valence-corrected chi connectivity index (χ4v) is 5.79. The number of nitrogens with one attached hydrogen (secondary N) is 1. The first kappa shape index (κ1) is 25.7. The van der Waals surface area contributed by atoms with Gasteiger partial charge in [0.25, 0.3) is 0 Å². The van der Waals surface area contributed by atoms with Gasteiger partial charge in [0.2, 0.25) is 15.9 Å². The number of carbonyl (C=O) groups excluding carboxylic acids is 1. The van der Waals surface area contributed by atoms with E-state index < -0.39 is 16.1 Å². The molecule has 3 aromatic carbocycles. The zero-order valence-corrected chi connectivity index (χ0v) is 21.4. The number of hydrogen-bond donors (Lipinski definition) is 1. The van der Waals surface area contributed by atoms with Gasteiger partial charge in [-0.05, 0) is 61.7 Å². The minimum Gasteiger partial charge on any atom is -0.457 e. The van der Waals surface area contributed by atoms with E-state index in [1.807, 2.05) is 48.5 Å². The molecule has 36 heavy (non-hydrogen) atoms. The number of ether oxygens (including phenoxy) is 2. The van der Waals surface area contributed by atoms with Crippen molar-refractivity contribution in [2.75, 3.05) is 30.3 Å². The Morgan fingerprint density at radius 1 is 0.944 bits per heavy atom. The molecular weight excluding hydrogens is 476 g/mol. The standard InChI is InChI=1S/C28H32N2O5S/c1-22(27(31)29-21-28(17-19-34-20-18-28)23-9-5-3-6-10-23)30(36(2,32)33)24-13-15-26(16-14-24)35-25-11-7-4-8-12-25/h3-16,22H,17-21H2,1-2H3,(H,29,31)/t22-/m0/s1. The molecule has 0 aliphatic carbocycles. The number of hydrogen-bond acceptors (Lipinski definition) is 5. The Labute approximate surface area is 213 Å². The number of rotatable bonds is 9. The van der Waals surface area contributed by atoms with Gasteiger partial charge in [0.15, 0.2) is 0 Å². The Hall–Kier alpha value is -3.36. The molecule has 1 N–H and O–H groups in total. The molecule has 4 rings (SSSR count). The van der Waals surface area contributed by atoms with Crippen LogP contribution in [-0.4, -0.2) is 46.4 Å². The van der Waals surface area contributed by atoms with Crippen molar-refractivity contribution in [3.05, 3.63) is 90.5 Å². The summed E-state index contributed by atoms with van der Waals surface area (Å²) in [6, 6.07) is 25.2. The summed E-state index contributed by atoms with van der Waals surface area (Å²) < 4.78 is 38.0. The second-order valence-electron chi connectivity index (χ2n) is 9.12. The lowest BCUT2D eigenvalue weighted by atomic mass is 9.74. The Balaban J connectivity index is 1.49. The zero-order chi connectivity index (χ0) is 25.6. The molecule has 8 heteroatoms. The molecule has 0 saturated carbocycles. The van der Waals surface area contributed by atoms with E-state index in [1.165, 1.54) is 0 Å². The van der Waals surface area contributed by atoms with Crippen LogP contribution in [0.1, 0.15) is 25.3 Å². The molecule has 1 fully saturated rings. The van der Waals surface area contributed by atoms with E-state index in [-0.39, 0.29) is 11.3 Å². The first-order valence-corrected chi connectivity index (χ1v) is 13.9. The maximum absolute atomic E-state index is 13.3. The lowest BCUT2D eigenvalue weighted by Crippen LogP contribution is -2.51. The predicted molar refractivity (Wildman–Crippen MR) is 141 cm³/mol. The number of carbonyl (C=O) groups is 1. The molecule has 3 aromatic rings. The van der Waals surface area contributed by atoms with Gasteiger partial charge in [-0.15, -0.1) is 0 Å². The molecule has 0 unspecified atom stereocenters. The van der Waals surface area contributed by atoms with Crippen molar-refractivity contribution in [3.8, 4) is 11.5 Å². The van der Waals surface area contributed by atoms with E-state index in [9.17, 15) is 13.2 Å². The summed E-state index contributed by atoms with van der Waals surface area (Å²) in [5.74, 6) is 0.894. The number of amides is 1. The first-order valence-electron chi connectivity index (χ1n) is 12.0. The molecular formula is C28H32N2O5S. The molecule has 1 aliphatic heterocycles. The number of nitrogens with zero attached hydrogens (tertiary/aromatic N) is 1. The van der Waals surface area contributed by atoms with Gasteiger partial charge in [-0.1, -0.05) is 48.5 Å². The lowest BCUT2D eigenvalue weighted by molar-refractivity contribution is -0.122. The number of sulfonamides is 1. The second kappa shape index (κ2) is 11.1. The molecule has 0 spiro atoms. The highest BCUT2D eigenvalue weighted by molar-refractivity contribution is 7.92. The van der Waals surface area contributed by atoms with Crippen LogP contribution in [0.25, 0.3) is 0 Å². The number of benzene rings is 3. The maximum Gasteiger partial charge on any atom is 0.243 e. The quantitative estimate of drug-likeness (QED) is 0.460. The van der Waals surface area contributed by atoms with Gasteiger partial charge in [-0.25, -0.2) is 8.42 Å². The molecule has 1 atom stereocenters. The lowest BCUT2D eigenvalue weighted by Gasteiger charge is -2.38. The van der Waals surface area contributed by atoms with Crippen LogP contribution in [0.15, 0.2) is 84.9 Å². The van der Waals surface area contributed by atoms with Crippen LogP contribution in [-0.2, 0) is 25.0 Å². The van der Waals surface area contributed by atoms with Crippen LogP contribution in [0.4, 0.5) is 5.69 Å². The van der Waals surface area contributed by atoms with Gasteiger partial charge in [0.05, 0.1) is 11.9 Å². The van der Waals surface area contributed by atoms with Gasteiger partial charge >= 0.3 is 0 Å². The van der Waals surface area contributed by atoms with Crippen molar-refractivity contribution in [2.24, 2.45) is 0 Å².